The lowest BCUT2D eigenvalue weighted by Crippen LogP contribution is -2.43. The number of benzene rings is 1. The second-order valence-corrected chi connectivity index (χ2v) is 6.94. The van der Waals surface area contributed by atoms with Crippen LogP contribution in [0.1, 0.15) is 37.9 Å². The van der Waals surface area contributed by atoms with E-state index in [4.69, 9.17) is 9.47 Å². The van der Waals surface area contributed by atoms with Crippen molar-refractivity contribution in [3.8, 4) is 0 Å². The number of alkyl carbamates (subject to hydrolysis) is 1. The van der Waals surface area contributed by atoms with Gasteiger partial charge >= 0.3 is 12.1 Å². The zero-order valence-corrected chi connectivity index (χ0v) is 15.6. The van der Waals surface area contributed by atoms with Crippen molar-refractivity contribution in [2.45, 2.75) is 45.1 Å². The summed E-state index contributed by atoms with van der Waals surface area (Å²) < 4.78 is 10.4. The van der Waals surface area contributed by atoms with E-state index in [0.29, 0.717) is 5.56 Å². The molecule has 0 aliphatic heterocycles. The van der Waals surface area contributed by atoms with E-state index < -0.39 is 29.8 Å². The van der Waals surface area contributed by atoms with Crippen LogP contribution in [0.5, 0.6) is 0 Å². The number of amides is 1. The number of hydrogen-bond donors (Lipinski definition) is 2. The molecule has 2 rings (SSSR count). The van der Waals surface area contributed by atoms with Crippen LogP contribution in [0.15, 0.2) is 54.9 Å². The molecular formula is C20H24N2O5. The third-order valence-corrected chi connectivity index (χ3v) is 3.52. The van der Waals surface area contributed by atoms with Crippen molar-refractivity contribution < 1.29 is 24.2 Å². The summed E-state index contributed by atoms with van der Waals surface area (Å²) >= 11 is 0. The normalized spacial score (nSPS) is 13.3. The average molecular weight is 372 g/mol. The van der Waals surface area contributed by atoms with Gasteiger partial charge in [-0.3, -0.25) is 4.98 Å². The van der Waals surface area contributed by atoms with Crippen molar-refractivity contribution in [1.82, 2.24) is 10.3 Å². The highest BCUT2D eigenvalue weighted by Gasteiger charge is 2.32. The van der Waals surface area contributed by atoms with E-state index in [9.17, 15) is 14.7 Å². The quantitative estimate of drug-likeness (QED) is 0.757. The second kappa shape index (κ2) is 9.14. The molecule has 0 radical (unpaired) electrons. The van der Waals surface area contributed by atoms with E-state index in [0.717, 1.165) is 5.56 Å². The molecule has 1 aromatic heterocycles. The topological polar surface area (TPSA) is 97.8 Å². The van der Waals surface area contributed by atoms with Gasteiger partial charge < -0.3 is 19.9 Å². The number of rotatable bonds is 6. The lowest BCUT2D eigenvalue weighted by molar-refractivity contribution is -0.156. The molecular weight excluding hydrogens is 348 g/mol. The molecule has 0 aliphatic rings. The number of aliphatic hydroxyl groups excluding tert-OH is 1. The van der Waals surface area contributed by atoms with Crippen LogP contribution in [0.4, 0.5) is 4.79 Å². The molecule has 0 saturated carbocycles. The molecule has 7 heteroatoms. The molecule has 0 unspecified atom stereocenters. The summed E-state index contributed by atoms with van der Waals surface area (Å²) in [4.78, 5) is 28.4. The molecule has 27 heavy (non-hydrogen) atoms. The number of esters is 1. The molecule has 7 nitrogen and oxygen atoms in total. The SMILES string of the molecule is CC(C)(C)OC(=O)N[C@@H](c1ccncc1)[C@@H](O)C(=O)OCc1ccccc1. The summed E-state index contributed by atoms with van der Waals surface area (Å²) in [5, 5.41) is 13.0. The first-order chi connectivity index (χ1) is 12.8. The Hall–Kier alpha value is -2.93. The number of nitrogens with one attached hydrogen (secondary N) is 1. The van der Waals surface area contributed by atoms with Crippen LogP contribution in [-0.4, -0.2) is 33.9 Å². The van der Waals surface area contributed by atoms with Crippen LogP contribution in [0, 0.1) is 0 Å². The highest BCUT2D eigenvalue weighted by Crippen LogP contribution is 2.19. The van der Waals surface area contributed by atoms with Gasteiger partial charge in [-0.05, 0) is 44.0 Å². The first-order valence-corrected chi connectivity index (χ1v) is 8.54. The molecule has 0 bridgehead atoms. The maximum Gasteiger partial charge on any atom is 0.408 e. The van der Waals surface area contributed by atoms with E-state index in [1.165, 1.54) is 12.4 Å². The van der Waals surface area contributed by atoms with Crippen molar-refractivity contribution in [1.29, 1.82) is 0 Å². The van der Waals surface area contributed by atoms with Crippen molar-refractivity contribution in [2.75, 3.05) is 0 Å². The van der Waals surface area contributed by atoms with Crippen LogP contribution in [-0.2, 0) is 20.9 Å². The van der Waals surface area contributed by atoms with E-state index in [1.54, 1.807) is 45.0 Å². The number of aromatic nitrogens is 1. The molecule has 0 saturated heterocycles. The Bertz CT molecular complexity index is 744. The van der Waals surface area contributed by atoms with Gasteiger partial charge in [-0.1, -0.05) is 30.3 Å². The van der Waals surface area contributed by atoms with E-state index in [2.05, 4.69) is 10.3 Å². The smallest absolute Gasteiger partial charge is 0.408 e. The predicted octanol–water partition coefficient (Wildman–Crippen LogP) is 2.75. The molecule has 1 aromatic carbocycles. The number of carbonyl (C=O) groups is 2. The fraction of sp³-hybridized carbons (Fsp3) is 0.350. The average Bonchev–Trinajstić information content (AvgIpc) is 2.64. The molecule has 0 aliphatic carbocycles. The van der Waals surface area contributed by atoms with Crippen molar-refractivity contribution in [3.05, 3.63) is 66.0 Å². The van der Waals surface area contributed by atoms with Gasteiger partial charge in [0.25, 0.3) is 0 Å². The minimum atomic E-state index is -1.61. The third-order valence-electron chi connectivity index (χ3n) is 3.52. The Morgan fingerprint density at radius 3 is 2.33 bits per heavy atom. The Balaban J connectivity index is 2.09. The highest BCUT2D eigenvalue weighted by molar-refractivity contribution is 5.77. The summed E-state index contributed by atoms with van der Waals surface area (Å²) in [6.45, 7) is 5.18. The fourth-order valence-electron chi connectivity index (χ4n) is 2.30. The fourth-order valence-corrected chi connectivity index (χ4v) is 2.30. The molecule has 1 heterocycles. The Morgan fingerprint density at radius 2 is 1.74 bits per heavy atom. The predicted molar refractivity (Wildman–Crippen MR) is 98.6 cm³/mol. The Morgan fingerprint density at radius 1 is 1.11 bits per heavy atom. The molecule has 1 amide bonds. The molecule has 144 valence electrons. The lowest BCUT2D eigenvalue weighted by atomic mass is 10.0. The summed E-state index contributed by atoms with van der Waals surface area (Å²) in [6.07, 6.45) is 0.644. The summed E-state index contributed by atoms with van der Waals surface area (Å²) in [5.41, 5.74) is 0.574. The van der Waals surface area contributed by atoms with E-state index in [1.807, 2.05) is 18.2 Å². The van der Waals surface area contributed by atoms with E-state index >= 15 is 0 Å². The molecule has 0 spiro atoms. The largest absolute Gasteiger partial charge is 0.459 e. The molecule has 0 fully saturated rings. The standard InChI is InChI=1S/C20H24N2O5/c1-20(2,3)27-19(25)22-16(15-9-11-21-12-10-15)17(23)18(24)26-13-14-7-5-4-6-8-14/h4-12,16-17,23H,13H2,1-3H3,(H,22,25)/t16-,17+/m0/s1. The van der Waals surface area contributed by atoms with Crippen LogP contribution in [0.2, 0.25) is 0 Å². The van der Waals surface area contributed by atoms with E-state index in [-0.39, 0.29) is 6.61 Å². The van der Waals surface area contributed by atoms with Gasteiger partial charge in [-0.2, -0.15) is 0 Å². The van der Waals surface area contributed by atoms with Crippen LogP contribution >= 0.6 is 0 Å². The van der Waals surface area contributed by atoms with Crippen LogP contribution < -0.4 is 5.32 Å². The minimum Gasteiger partial charge on any atom is -0.459 e. The van der Waals surface area contributed by atoms with Crippen molar-refractivity contribution >= 4 is 12.1 Å². The summed E-state index contributed by atoms with van der Waals surface area (Å²) in [6, 6.07) is 11.3. The van der Waals surface area contributed by atoms with Gasteiger partial charge in [-0.15, -0.1) is 0 Å². The van der Waals surface area contributed by atoms with Gasteiger partial charge in [0.1, 0.15) is 12.2 Å². The number of nitrogens with zero attached hydrogens (tertiary/aromatic N) is 1. The zero-order valence-electron chi connectivity index (χ0n) is 15.6. The van der Waals surface area contributed by atoms with Crippen LogP contribution in [0.25, 0.3) is 0 Å². The van der Waals surface area contributed by atoms with Gasteiger partial charge in [0.15, 0.2) is 6.10 Å². The Labute approximate surface area is 158 Å². The number of pyridine rings is 1. The molecule has 2 aromatic rings. The molecule has 2 atom stereocenters. The molecule has 2 N–H and O–H groups in total. The lowest BCUT2D eigenvalue weighted by Gasteiger charge is -2.26. The second-order valence-electron chi connectivity index (χ2n) is 6.94. The van der Waals surface area contributed by atoms with Crippen molar-refractivity contribution in [2.24, 2.45) is 0 Å². The highest BCUT2D eigenvalue weighted by atomic mass is 16.6. The minimum absolute atomic E-state index is 0.0201. The van der Waals surface area contributed by atoms with Gasteiger partial charge in [0.05, 0.1) is 6.04 Å². The third kappa shape index (κ3) is 6.71. The number of ether oxygens (including phenoxy) is 2. The number of hydrogen-bond acceptors (Lipinski definition) is 6. The van der Waals surface area contributed by atoms with Crippen LogP contribution in [0.3, 0.4) is 0 Å². The Kier molecular flexibility index (Phi) is 6.90. The van der Waals surface area contributed by atoms with Crippen molar-refractivity contribution in [3.63, 3.8) is 0 Å². The van der Waals surface area contributed by atoms with Gasteiger partial charge in [0, 0.05) is 12.4 Å². The first-order valence-electron chi connectivity index (χ1n) is 8.54. The summed E-state index contributed by atoms with van der Waals surface area (Å²) in [5.74, 6) is -0.850. The van der Waals surface area contributed by atoms with Gasteiger partial charge in [0.2, 0.25) is 0 Å². The first kappa shape index (κ1) is 20.4. The monoisotopic (exact) mass is 372 g/mol. The number of aliphatic hydroxyl groups is 1. The summed E-state index contributed by atoms with van der Waals surface area (Å²) in [7, 11) is 0. The maximum atomic E-state index is 12.3. The zero-order chi connectivity index (χ0) is 19.9. The maximum absolute atomic E-state index is 12.3. The number of carbonyl (C=O) groups excluding carboxylic acids is 2. The van der Waals surface area contributed by atoms with Gasteiger partial charge in [-0.25, -0.2) is 9.59 Å².